The van der Waals surface area contributed by atoms with E-state index in [2.05, 4.69) is 38.8 Å². The first-order valence-electron chi connectivity index (χ1n) is 10.5. The summed E-state index contributed by atoms with van der Waals surface area (Å²) in [6, 6.07) is 12.2. The number of carbonyl (C=O) groups is 1. The van der Waals surface area contributed by atoms with E-state index in [1.54, 1.807) is 0 Å². The van der Waals surface area contributed by atoms with Crippen molar-refractivity contribution in [3.8, 4) is 0 Å². The predicted octanol–water partition coefficient (Wildman–Crippen LogP) is 3.07. The summed E-state index contributed by atoms with van der Waals surface area (Å²) in [6.07, 6.45) is 7.62. The second-order valence-corrected chi connectivity index (χ2v) is 8.46. The highest BCUT2D eigenvalue weighted by atomic mass is 16.1. The summed E-state index contributed by atoms with van der Waals surface area (Å²) in [6.45, 7) is 4.63. The number of nitrogens with one attached hydrogen (secondary N) is 1. The van der Waals surface area contributed by atoms with E-state index < -0.39 is 0 Å². The van der Waals surface area contributed by atoms with Gasteiger partial charge in [0.15, 0.2) is 0 Å². The van der Waals surface area contributed by atoms with E-state index in [-0.39, 0.29) is 17.4 Å². The van der Waals surface area contributed by atoms with E-state index in [0.29, 0.717) is 6.42 Å². The van der Waals surface area contributed by atoms with Crippen LogP contribution in [0.2, 0.25) is 0 Å². The van der Waals surface area contributed by atoms with Crippen LogP contribution in [0.3, 0.4) is 0 Å². The Morgan fingerprint density at radius 3 is 2.97 bits per heavy atom. The van der Waals surface area contributed by atoms with Crippen molar-refractivity contribution in [3.63, 3.8) is 0 Å². The molecule has 0 saturated carbocycles. The van der Waals surface area contributed by atoms with Crippen LogP contribution in [-0.4, -0.2) is 43.8 Å². The van der Waals surface area contributed by atoms with E-state index >= 15 is 0 Å². The van der Waals surface area contributed by atoms with Gasteiger partial charge in [0.1, 0.15) is 5.65 Å². The van der Waals surface area contributed by atoms with Crippen molar-refractivity contribution >= 4 is 11.6 Å². The first-order chi connectivity index (χ1) is 14.1. The smallest absolute Gasteiger partial charge is 0.220 e. The summed E-state index contributed by atoms with van der Waals surface area (Å²) >= 11 is 0. The average molecular weight is 390 g/mol. The highest BCUT2D eigenvalue weighted by Gasteiger charge is 2.49. The average Bonchev–Trinajstić information content (AvgIpc) is 3.16. The molecule has 6 nitrogen and oxygen atoms in total. The van der Waals surface area contributed by atoms with Crippen LogP contribution in [0, 0.1) is 6.92 Å². The number of nitrogens with zero attached hydrogens (tertiary/aromatic N) is 4. The number of hydrogen-bond donors (Lipinski definition) is 1. The number of rotatable bonds is 3. The van der Waals surface area contributed by atoms with Gasteiger partial charge < -0.3 is 9.72 Å². The molecule has 0 aliphatic carbocycles. The molecule has 150 valence electrons. The molecule has 3 aromatic heterocycles. The molecule has 2 saturated heterocycles. The lowest BCUT2D eigenvalue weighted by atomic mass is 9.81. The van der Waals surface area contributed by atoms with E-state index in [1.807, 2.05) is 36.5 Å². The molecule has 1 amide bonds. The van der Waals surface area contributed by atoms with Crippen molar-refractivity contribution in [2.24, 2.45) is 0 Å². The molecule has 0 bridgehead atoms. The number of pyridine rings is 2. The summed E-state index contributed by atoms with van der Waals surface area (Å²) in [7, 11) is 0. The molecule has 0 unspecified atom stereocenters. The monoisotopic (exact) mass is 389 g/mol. The van der Waals surface area contributed by atoms with Gasteiger partial charge in [-0.3, -0.25) is 14.7 Å². The van der Waals surface area contributed by atoms with Gasteiger partial charge in [-0.15, -0.1) is 0 Å². The van der Waals surface area contributed by atoms with Crippen LogP contribution in [0.5, 0.6) is 0 Å². The van der Waals surface area contributed by atoms with Crippen molar-refractivity contribution in [2.75, 3.05) is 13.1 Å². The van der Waals surface area contributed by atoms with Crippen LogP contribution in [0.25, 0.3) is 5.65 Å². The number of amides is 1. The van der Waals surface area contributed by atoms with Gasteiger partial charge in [0, 0.05) is 50.1 Å². The lowest BCUT2D eigenvalue weighted by Crippen LogP contribution is -2.52. The lowest BCUT2D eigenvalue weighted by molar-refractivity contribution is -0.122. The maximum Gasteiger partial charge on any atom is 0.220 e. The van der Waals surface area contributed by atoms with Crippen molar-refractivity contribution in [1.29, 1.82) is 0 Å². The molecule has 2 aliphatic rings. The van der Waals surface area contributed by atoms with Crippen LogP contribution in [-0.2, 0) is 11.3 Å². The zero-order chi connectivity index (χ0) is 19.8. The Morgan fingerprint density at radius 1 is 1.21 bits per heavy atom. The van der Waals surface area contributed by atoms with Gasteiger partial charge in [0.25, 0.3) is 0 Å². The normalized spacial score (nSPS) is 25.4. The molecular formula is C23H27N5O. The second-order valence-electron chi connectivity index (χ2n) is 8.46. The number of carbonyl (C=O) groups excluding carboxylic acids is 1. The summed E-state index contributed by atoms with van der Waals surface area (Å²) in [5, 5.41) is 3.42. The van der Waals surface area contributed by atoms with Crippen LogP contribution < -0.4 is 5.32 Å². The van der Waals surface area contributed by atoms with Crippen molar-refractivity contribution < 1.29 is 4.79 Å². The maximum absolute atomic E-state index is 12.5. The highest BCUT2D eigenvalue weighted by Crippen LogP contribution is 2.40. The van der Waals surface area contributed by atoms with Crippen LogP contribution in [0.15, 0.2) is 48.8 Å². The van der Waals surface area contributed by atoms with Crippen LogP contribution >= 0.6 is 0 Å². The minimum absolute atomic E-state index is 0.177. The Morgan fingerprint density at radius 2 is 2.10 bits per heavy atom. The lowest BCUT2D eigenvalue weighted by Gasteiger charge is -2.34. The fourth-order valence-corrected chi connectivity index (χ4v) is 5.16. The number of likely N-dealkylation sites (tertiary alicyclic amines) is 1. The summed E-state index contributed by atoms with van der Waals surface area (Å²) in [5.41, 5.74) is 4.11. The summed E-state index contributed by atoms with van der Waals surface area (Å²) < 4.78 is 2.18. The molecular weight excluding hydrogens is 362 g/mol. The minimum Gasteiger partial charge on any atom is -0.349 e. The molecule has 2 fully saturated rings. The molecule has 1 N–H and O–H groups in total. The Bertz CT molecular complexity index is 1030. The Balaban J connectivity index is 1.49. The highest BCUT2D eigenvalue weighted by molar-refractivity contribution is 5.77. The molecule has 0 radical (unpaired) electrons. The molecule has 1 spiro atoms. The minimum atomic E-state index is -0.240. The number of hydrogen-bond acceptors (Lipinski definition) is 4. The Labute approximate surface area is 171 Å². The van der Waals surface area contributed by atoms with Crippen molar-refractivity contribution in [3.05, 3.63) is 65.9 Å². The number of fused-ring (bicyclic) bond motifs is 1. The molecule has 3 aromatic rings. The number of aromatic nitrogens is 3. The van der Waals surface area contributed by atoms with Crippen molar-refractivity contribution in [2.45, 2.75) is 50.6 Å². The van der Waals surface area contributed by atoms with E-state index in [0.717, 1.165) is 55.9 Å². The molecule has 2 atom stereocenters. The van der Waals surface area contributed by atoms with Gasteiger partial charge in [0.05, 0.1) is 16.9 Å². The molecule has 2 aliphatic heterocycles. The topological polar surface area (TPSA) is 62.5 Å². The maximum atomic E-state index is 12.5. The van der Waals surface area contributed by atoms with E-state index in [9.17, 15) is 4.79 Å². The SMILES string of the molecule is Cc1nc2ccccn2c1CN1C[C@@H](c2ccccn2)[C@@]2(CCCCC(=O)N2)C1. The zero-order valence-electron chi connectivity index (χ0n) is 16.8. The van der Waals surface area contributed by atoms with Crippen LogP contribution in [0.4, 0.5) is 0 Å². The van der Waals surface area contributed by atoms with Gasteiger partial charge in [-0.05, 0) is 44.0 Å². The summed E-state index contributed by atoms with van der Waals surface area (Å²) in [4.78, 5) is 24.4. The molecule has 5 heterocycles. The number of aryl methyl sites for hydroxylation is 1. The standard InChI is InChI=1S/C23H27N5O/c1-17-20(28-13-7-4-9-21(28)25-17)15-27-14-18(19-8-3-6-12-24-19)23(16-27)11-5-2-10-22(29)26-23/h3-4,6-9,12-13,18H,2,5,10-11,14-16H2,1H3,(H,26,29)/t18-,23+/m0/s1. The fourth-order valence-electron chi connectivity index (χ4n) is 5.16. The molecule has 5 rings (SSSR count). The van der Waals surface area contributed by atoms with Gasteiger partial charge >= 0.3 is 0 Å². The molecule has 0 aromatic carbocycles. The van der Waals surface area contributed by atoms with Crippen LogP contribution in [0.1, 0.15) is 48.7 Å². The first kappa shape index (κ1) is 18.3. The van der Waals surface area contributed by atoms with Crippen molar-refractivity contribution in [1.82, 2.24) is 24.6 Å². The Hall–Kier alpha value is -2.73. The zero-order valence-corrected chi connectivity index (χ0v) is 16.8. The molecule has 6 heteroatoms. The van der Waals surface area contributed by atoms with E-state index in [4.69, 9.17) is 4.98 Å². The third kappa shape index (κ3) is 3.31. The second kappa shape index (κ2) is 7.26. The van der Waals surface area contributed by atoms with E-state index in [1.165, 1.54) is 5.69 Å². The first-order valence-corrected chi connectivity index (χ1v) is 10.5. The number of imidazole rings is 1. The predicted molar refractivity (Wildman–Crippen MR) is 112 cm³/mol. The largest absolute Gasteiger partial charge is 0.349 e. The third-order valence-corrected chi connectivity index (χ3v) is 6.53. The summed E-state index contributed by atoms with van der Waals surface area (Å²) in [5.74, 6) is 0.376. The van der Waals surface area contributed by atoms with Gasteiger partial charge in [-0.25, -0.2) is 4.98 Å². The Kier molecular flexibility index (Phi) is 4.59. The third-order valence-electron chi connectivity index (χ3n) is 6.53. The quantitative estimate of drug-likeness (QED) is 0.748. The van der Waals surface area contributed by atoms with Gasteiger partial charge in [-0.2, -0.15) is 0 Å². The van der Waals surface area contributed by atoms with Gasteiger partial charge in [0.2, 0.25) is 5.91 Å². The molecule has 29 heavy (non-hydrogen) atoms. The van der Waals surface area contributed by atoms with Gasteiger partial charge in [-0.1, -0.05) is 18.6 Å². The fraction of sp³-hybridized carbons (Fsp3) is 0.435.